The Morgan fingerprint density at radius 3 is 1.82 bits per heavy atom. The summed E-state index contributed by atoms with van der Waals surface area (Å²) in [6, 6.07) is -0.704. The van der Waals surface area contributed by atoms with Gasteiger partial charge in [-0.25, -0.2) is 0 Å². The zero-order chi connectivity index (χ0) is 34.0. The van der Waals surface area contributed by atoms with Gasteiger partial charge in [-0.1, -0.05) is 141 Å². The predicted molar refractivity (Wildman–Crippen MR) is 165 cm³/mol. The smallest absolute Gasteiger partial charge is 0.220 e. The number of hydrogen-bond donors (Lipinski definition) is 3. The Kier molecular flexibility index (Phi) is 20.7. The molecule has 0 spiro atoms. The third-order valence-corrected chi connectivity index (χ3v) is 6.97. The largest absolute Gasteiger partial charge is 0.394 e. The van der Waals surface area contributed by atoms with E-state index in [0.717, 1.165) is 77.0 Å². The minimum absolute atomic E-state index is 0.102. The SMILES string of the molecule is [2H]C([2H])([2H])C([2H])([2H])C([2H])([2H])CCCCCCCCCC/C=C/[C@@H](O)[C@H](CO)NC(=O)CCCCCCC/C=C\CCCCCC. The lowest BCUT2D eigenvalue weighted by molar-refractivity contribution is -0.123. The lowest BCUT2D eigenvalue weighted by Crippen LogP contribution is -2.45. The molecule has 0 fully saturated rings. The van der Waals surface area contributed by atoms with Gasteiger partial charge in [-0.05, 0) is 44.9 Å². The summed E-state index contributed by atoms with van der Waals surface area (Å²) >= 11 is 0. The van der Waals surface area contributed by atoms with Gasteiger partial charge in [-0.15, -0.1) is 0 Å². The van der Waals surface area contributed by atoms with E-state index in [0.29, 0.717) is 12.8 Å². The van der Waals surface area contributed by atoms with E-state index < -0.39 is 31.7 Å². The highest BCUT2D eigenvalue weighted by atomic mass is 16.3. The summed E-state index contributed by atoms with van der Waals surface area (Å²) in [6.07, 6.45) is 23.1. The Hall–Kier alpha value is -1.13. The zero-order valence-corrected chi connectivity index (χ0v) is 24.5. The maximum atomic E-state index is 12.3. The van der Waals surface area contributed by atoms with Crippen molar-refractivity contribution in [3.05, 3.63) is 24.3 Å². The molecule has 0 saturated heterocycles. The maximum Gasteiger partial charge on any atom is 0.220 e. The molecule has 0 heterocycles. The Morgan fingerprint density at radius 2 is 1.26 bits per heavy atom. The maximum absolute atomic E-state index is 12.3. The Bertz CT molecular complexity index is 788. The summed E-state index contributed by atoms with van der Waals surface area (Å²) in [6.45, 7) is -1.07. The second kappa shape index (κ2) is 30.4. The van der Waals surface area contributed by atoms with E-state index in [-0.39, 0.29) is 18.9 Å². The summed E-state index contributed by atoms with van der Waals surface area (Å²) in [5.41, 5.74) is 0. The molecule has 4 heteroatoms. The Balaban J connectivity index is 3.85. The number of carbonyl (C=O) groups is 1. The molecule has 224 valence electrons. The monoisotopic (exact) mass is 543 g/mol. The molecule has 0 aliphatic rings. The highest BCUT2D eigenvalue weighted by molar-refractivity contribution is 5.76. The van der Waals surface area contributed by atoms with Crippen LogP contribution in [0, 0.1) is 0 Å². The first-order chi connectivity index (χ1) is 21.3. The average Bonchev–Trinajstić information content (AvgIpc) is 2.97. The standard InChI is InChI=1S/C34H65NO3/c1-3-5-7-9-11-13-15-17-19-21-23-25-27-29-33(37)32(31-36)35-34(38)30-28-26-24-22-20-18-16-14-12-10-8-6-4-2/h14,16,27,29,32-33,36-37H,3-13,15,17-26,28,30-31H2,1-2H3,(H,35,38)/b16-14-,29-27+/t32-,33+/m0/s1/i1D3,3D2,5D2. The van der Waals surface area contributed by atoms with Crippen LogP contribution in [0.2, 0.25) is 0 Å². The van der Waals surface area contributed by atoms with Crippen molar-refractivity contribution in [2.45, 2.75) is 180 Å². The number of rotatable bonds is 29. The summed E-state index contributed by atoms with van der Waals surface area (Å²) in [5, 5.41) is 22.8. The predicted octanol–water partition coefficient (Wildman–Crippen LogP) is 9.34. The lowest BCUT2D eigenvalue weighted by atomic mass is 10.0. The molecule has 1 amide bonds. The van der Waals surface area contributed by atoms with E-state index in [9.17, 15) is 15.0 Å². The second-order valence-electron chi connectivity index (χ2n) is 10.6. The van der Waals surface area contributed by atoms with Gasteiger partial charge >= 0.3 is 0 Å². The molecule has 3 N–H and O–H groups in total. The number of nitrogens with one attached hydrogen (secondary N) is 1. The van der Waals surface area contributed by atoms with Crippen LogP contribution in [0.15, 0.2) is 24.3 Å². The van der Waals surface area contributed by atoms with Gasteiger partial charge in [0.05, 0.1) is 18.8 Å². The number of aliphatic hydroxyl groups is 2. The van der Waals surface area contributed by atoms with E-state index in [1.165, 1.54) is 44.9 Å². The molecule has 38 heavy (non-hydrogen) atoms. The fraction of sp³-hybridized carbons (Fsp3) is 0.853. The van der Waals surface area contributed by atoms with Crippen LogP contribution in [-0.4, -0.2) is 34.9 Å². The van der Waals surface area contributed by atoms with Crippen LogP contribution >= 0.6 is 0 Å². The van der Waals surface area contributed by atoms with E-state index in [2.05, 4.69) is 24.4 Å². The van der Waals surface area contributed by atoms with Crippen LogP contribution < -0.4 is 5.32 Å². The molecule has 2 atom stereocenters. The number of allylic oxidation sites excluding steroid dienone is 3. The Labute approximate surface area is 247 Å². The first-order valence-electron chi connectivity index (χ1n) is 19.2. The summed E-state index contributed by atoms with van der Waals surface area (Å²) in [4.78, 5) is 12.3. The molecule has 0 radical (unpaired) electrons. The molecular weight excluding hydrogens is 470 g/mol. The van der Waals surface area contributed by atoms with Crippen LogP contribution in [0.1, 0.15) is 177 Å². The van der Waals surface area contributed by atoms with Gasteiger partial charge in [0, 0.05) is 16.0 Å². The molecule has 0 rings (SSSR count). The van der Waals surface area contributed by atoms with Crippen LogP contribution in [0.4, 0.5) is 0 Å². The van der Waals surface area contributed by atoms with Gasteiger partial charge in [0.2, 0.25) is 5.91 Å². The van der Waals surface area contributed by atoms with Gasteiger partial charge in [0.1, 0.15) is 0 Å². The molecule has 0 bridgehead atoms. The number of unbranched alkanes of at least 4 members (excludes halogenated alkanes) is 17. The van der Waals surface area contributed by atoms with Crippen LogP contribution in [0.3, 0.4) is 0 Å². The molecule has 0 aliphatic heterocycles. The van der Waals surface area contributed by atoms with Gasteiger partial charge < -0.3 is 15.5 Å². The quantitative estimate of drug-likeness (QED) is 0.0651. The van der Waals surface area contributed by atoms with Crippen molar-refractivity contribution in [2.24, 2.45) is 0 Å². The van der Waals surface area contributed by atoms with Crippen LogP contribution in [0.5, 0.6) is 0 Å². The molecule has 0 aliphatic carbocycles. The number of hydrogen-bond acceptors (Lipinski definition) is 3. The van der Waals surface area contributed by atoms with Gasteiger partial charge in [0.15, 0.2) is 0 Å². The highest BCUT2D eigenvalue weighted by Gasteiger charge is 2.17. The molecule has 0 aromatic rings. The summed E-state index contributed by atoms with van der Waals surface area (Å²) in [7, 11) is 0. The molecule has 0 aromatic carbocycles. The van der Waals surface area contributed by atoms with Crippen molar-refractivity contribution in [3.63, 3.8) is 0 Å². The van der Waals surface area contributed by atoms with Crippen molar-refractivity contribution in [2.75, 3.05) is 6.61 Å². The normalized spacial score (nSPS) is 17.3. The summed E-state index contributed by atoms with van der Waals surface area (Å²) < 4.78 is 52.8. The lowest BCUT2D eigenvalue weighted by Gasteiger charge is -2.20. The number of amides is 1. The van der Waals surface area contributed by atoms with Crippen molar-refractivity contribution in [1.29, 1.82) is 0 Å². The molecular formula is C34H65NO3. The molecule has 0 unspecified atom stereocenters. The molecule has 0 saturated carbocycles. The third-order valence-electron chi connectivity index (χ3n) is 6.97. The van der Waals surface area contributed by atoms with E-state index in [1.807, 2.05) is 6.08 Å². The van der Waals surface area contributed by atoms with Crippen molar-refractivity contribution < 1.29 is 24.6 Å². The van der Waals surface area contributed by atoms with Crippen molar-refractivity contribution >= 4 is 5.91 Å². The van der Waals surface area contributed by atoms with Gasteiger partial charge in [0.25, 0.3) is 0 Å². The second-order valence-corrected chi connectivity index (χ2v) is 10.6. The van der Waals surface area contributed by atoms with E-state index >= 15 is 0 Å². The van der Waals surface area contributed by atoms with E-state index in [1.54, 1.807) is 6.08 Å². The fourth-order valence-corrected chi connectivity index (χ4v) is 4.49. The minimum atomic E-state index is -2.98. The van der Waals surface area contributed by atoms with Crippen LogP contribution in [0.25, 0.3) is 0 Å². The van der Waals surface area contributed by atoms with Gasteiger partial charge in [-0.3, -0.25) is 4.79 Å². The zero-order valence-electron chi connectivity index (χ0n) is 31.5. The molecule has 4 nitrogen and oxygen atoms in total. The number of carbonyl (C=O) groups excluding carboxylic acids is 1. The van der Waals surface area contributed by atoms with E-state index in [4.69, 9.17) is 9.60 Å². The van der Waals surface area contributed by atoms with Gasteiger partial charge in [-0.2, -0.15) is 0 Å². The summed E-state index contributed by atoms with van der Waals surface area (Å²) in [5.74, 6) is -0.136. The highest BCUT2D eigenvalue weighted by Crippen LogP contribution is 2.13. The van der Waals surface area contributed by atoms with Crippen molar-refractivity contribution in [3.8, 4) is 0 Å². The third kappa shape index (κ3) is 26.5. The number of aliphatic hydroxyl groups excluding tert-OH is 2. The minimum Gasteiger partial charge on any atom is -0.394 e. The Morgan fingerprint density at radius 1 is 0.763 bits per heavy atom. The van der Waals surface area contributed by atoms with Crippen molar-refractivity contribution in [1.82, 2.24) is 5.32 Å². The average molecular weight is 543 g/mol. The fourth-order valence-electron chi connectivity index (χ4n) is 4.49. The topological polar surface area (TPSA) is 69.6 Å². The van der Waals surface area contributed by atoms with Crippen LogP contribution in [-0.2, 0) is 4.79 Å². The molecule has 0 aromatic heterocycles. The first kappa shape index (κ1) is 25.8. The first-order valence-corrected chi connectivity index (χ1v) is 15.7.